The number of rotatable bonds is 7. The number of piperidine rings is 1. The molecule has 2 atom stereocenters. The minimum atomic E-state index is -3.67. The predicted octanol–water partition coefficient (Wildman–Crippen LogP) is 3.16. The van der Waals surface area contributed by atoms with Crippen molar-refractivity contribution in [3.05, 3.63) is 72.8 Å². The zero-order valence-corrected chi connectivity index (χ0v) is 19.5. The van der Waals surface area contributed by atoms with Crippen molar-refractivity contribution < 1.29 is 17.9 Å². The maximum atomic E-state index is 13.1. The molecule has 1 aliphatic rings. The van der Waals surface area contributed by atoms with E-state index >= 15 is 0 Å². The lowest BCUT2D eigenvalue weighted by Crippen LogP contribution is -2.45. The standard InChI is InChI=1S/C24H28N4O4S/c1-18(19-5-7-21(8-6-19)27-15-13-25-17-27)26-24(29)20-4-3-14-28(16-20)33(30,31)23-11-9-22(32-2)10-12-23/h5-13,15,17-18,20H,3-4,14,16H2,1-2H3,(H,26,29)/t18-,20-/m1/s1. The number of imidazole rings is 1. The number of carbonyl (C=O) groups is 1. The number of hydrogen-bond donors (Lipinski definition) is 1. The van der Waals surface area contributed by atoms with Crippen LogP contribution in [-0.2, 0) is 14.8 Å². The molecule has 0 spiro atoms. The first-order chi connectivity index (χ1) is 15.9. The number of hydrogen-bond acceptors (Lipinski definition) is 5. The van der Waals surface area contributed by atoms with Gasteiger partial charge in [-0.25, -0.2) is 13.4 Å². The van der Waals surface area contributed by atoms with E-state index in [0.717, 1.165) is 11.3 Å². The molecule has 0 bridgehead atoms. The first-order valence-electron chi connectivity index (χ1n) is 10.9. The van der Waals surface area contributed by atoms with E-state index in [9.17, 15) is 13.2 Å². The molecule has 8 nitrogen and oxygen atoms in total. The number of aromatic nitrogens is 2. The van der Waals surface area contributed by atoms with Gasteiger partial charge in [0.05, 0.1) is 30.3 Å². The highest BCUT2D eigenvalue weighted by Gasteiger charge is 2.33. The van der Waals surface area contributed by atoms with Gasteiger partial charge in [0.15, 0.2) is 0 Å². The van der Waals surface area contributed by atoms with Crippen molar-refractivity contribution in [1.82, 2.24) is 19.2 Å². The van der Waals surface area contributed by atoms with E-state index < -0.39 is 10.0 Å². The first-order valence-corrected chi connectivity index (χ1v) is 12.4. The van der Waals surface area contributed by atoms with Crippen LogP contribution in [0.2, 0.25) is 0 Å². The molecule has 4 rings (SSSR count). The van der Waals surface area contributed by atoms with Crippen molar-refractivity contribution in [3.8, 4) is 11.4 Å². The van der Waals surface area contributed by atoms with Crippen molar-refractivity contribution in [3.63, 3.8) is 0 Å². The molecular weight excluding hydrogens is 440 g/mol. The van der Waals surface area contributed by atoms with E-state index in [0.29, 0.717) is 25.1 Å². The van der Waals surface area contributed by atoms with Crippen molar-refractivity contribution in [2.45, 2.75) is 30.7 Å². The molecule has 9 heteroatoms. The van der Waals surface area contributed by atoms with E-state index in [1.807, 2.05) is 42.0 Å². The fourth-order valence-electron chi connectivity index (χ4n) is 4.03. The summed E-state index contributed by atoms with van der Waals surface area (Å²) in [6.45, 7) is 2.51. The smallest absolute Gasteiger partial charge is 0.243 e. The SMILES string of the molecule is COc1ccc(S(=O)(=O)N2CCC[C@@H](C(=O)N[C@H](C)c3ccc(-n4ccnc4)cc3)C2)cc1. The third-order valence-electron chi connectivity index (χ3n) is 6.01. The van der Waals surface area contributed by atoms with E-state index in [4.69, 9.17) is 4.74 Å². The summed E-state index contributed by atoms with van der Waals surface area (Å²) >= 11 is 0. The zero-order chi connectivity index (χ0) is 23.4. The Balaban J connectivity index is 1.39. The normalized spacial score (nSPS) is 17.9. The summed E-state index contributed by atoms with van der Waals surface area (Å²) in [4.78, 5) is 17.2. The monoisotopic (exact) mass is 468 g/mol. The highest BCUT2D eigenvalue weighted by atomic mass is 32.2. The van der Waals surface area contributed by atoms with E-state index in [1.54, 1.807) is 24.7 Å². The highest BCUT2D eigenvalue weighted by molar-refractivity contribution is 7.89. The molecule has 0 radical (unpaired) electrons. The quantitative estimate of drug-likeness (QED) is 0.575. The van der Waals surface area contributed by atoms with Crippen molar-refractivity contribution in [2.75, 3.05) is 20.2 Å². The molecule has 0 saturated carbocycles. The van der Waals surface area contributed by atoms with Gasteiger partial charge in [-0.05, 0) is 61.7 Å². The van der Waals surface area contributed by atoms with Gasteiger partial charge in [0.2, 0.25) is 15.9 Å². The number of carbonyl (C=O) groups excluding carboxylic acids is 1. The highest BCUT2D eigenvalue weighted by Crippen LogP contribution is 2.26. The molecule has 0 unspecified atom stereocenters. The number of amides is 1. The number of nitrogens with one attached hydrogen (secondary N) is 1. The summed E-state index contributed by atoms with van der Waals surface area (Å²) in [5.41, 5.74) is 1.96. The van der Waals surface area contributed by atoms with Crippen molar-refractivity contribution >= 4 is 15.9 Å². The molecule has 1 fully saturated rings. The molecule has 2 heterocycles. The Morgan fingerprint density at radius 2 is 1.88 bits per heavy atom. The first kappa shape index (κ1) is 23.0. The van der Waals surface area contributed by atoms with Gasteiger partial charge in [-0.3, -0.25) is 4.79 Å². The van der Waals surface area contributed by atoms with Gasteiger partial charge in [0.1, 0.15) is 5.75 Å². The Hall–Kier alpha value is -3.17. The fraction of sp³-hybridized carbons (Fsp3) is 0.333. The second-order valence-electron chi connectivity index (χ2n) is 8.17. The number of ether oxygens (including phenoxy) is 1. The minimum Gasteiger partial charge on any atom is -0.497 e. The topological polar surface area (TPSA) is 93.5 Å². The van der Waals surface area contributed by atoms with E-state index in [2.05, 4.69) is 10.3 Å². The van der Waals surface area contributed by atoms with Crippen LogP contribution in [-0.4, -0.2) is 48.4 Å². The Labute approximate surface area is 194 Å². The Kier molecular flexibility index (Phi) is 6.80. The Morgan fingerprint density at radius 3 is 2.52 bits per heavy atom. The van der Waals surface area contributed by atoms with Gasteiger partial charge in [-0.1, -0.05) is 12.1 Å². The average Bonchev–Trinajstić information content (AvgIpc) is 3.39. The summed E-state index contributed by atoms with van der Waals surface area (Å²) in [7, 11) is -2.14. The number of methoxy groups -OCH3 is 1. The summed E-state index contributed by atoms with van der Waals surface area (Å²) in [5.74, 6) is 0.0761. The lowest BCUT2D eigenvalue weighted by molar-refractivity contribution is -0.126. The minimum absolute atomic E-state index is 0.129. The molecule has 33 heavy (non-hydrogen) atoms. The van der Waals surface area contributed by atoms with Crippen LogP contribution >= 0.6 is 0 Å². The molecule has 1 saturated heterocycles. The molecule has 3 aromatic rings. The zero-order valence-electron chi connectivity index (χ0n) is 18.7. The van der Waals surface area contributed by atoms with Crippen LogP contribution in [0.5, 0.6) is 5.75 Å². The van der Waals surface area contributed by atoms with Crippen LogP contribution in [0.4, 0.5) is 0 Å². The maximum Gasteiger partial charge on any atom is 0.243 e. The van der Waals surface area contributed by atoms with Gasteiger partial charge in [-0.2, -0.15) is 4.31 Å². The summed E-state index contributed by atoms with van der Waals surface area (Å²) in [6, 6.07) is 14.0. The van der Waals surface area contributed by atoms with Gasteiger partial charge < -0.3 is 14.6 Å². The second-order valence-corrected chi connectivity index (χ2v) is 10.1. The molecule has 1 aromatic heterocycles. The average molecular weight is 469 g/mol. The third kappa shape index (κ3) is 5.09. The van der Waals surface area contributed by atoms with Gasteiger partial charge in [0, 0.05) is 31.2 Å². The van der Waals surface area contributed by atoms with Crippen LogP contribution < -0.4 is 10.1 Å². The van der Waals surface area contributed by atoms with E-state index in [1.165, 1.54) is 23.5 Å². The van der Waals surface area contributed by atoms with Crippen LogP contribution in [0, 0.1) is 5.92 Å². The molecule has 2 aromatic carbocycles. The molecule has 1 N–H and O–H groups in total. The molecule has 174 valence electrons. The number of sulfonamides is 1. The third-order valence-corrected chi connectivity index (χ3v) is 7.89. The Bertz CT molecular complexity index is 1180. The molecule has 1 amide bonds. The van der Waals surface area contributed by atoms with Gasteiger partial charge >= 0.3 is 0 Å². The fourth-order valence-corrected chi connectivity index (χ4v) is 5.56. The van der Waals surface area contributed by atoms with Crippen molar-refractivity contribution in [2.24, 2.45) is 5.92 Å². The summed E-state index contributed by atoms with van der Waals surface area (Å²) in [6.07, 6.45) is 6.62. The van der Waals surface area contributed by atoms with Crippen LogP contribution in [0.3, 0.4) is 0 Å². The van der Waals surface area contributed by atoms with Crippen molar-refractivity contribution in [1.29, 1.82) is 0 Å². The Morgan fingerprint density at radius 1 is 1.15 bits per heavy atom. The predicted molar refractivity (Wildman–Crippen MR) is 125 cm³/mol. The maximum absolute atomic E-state index is 13.1. The molecular formula is C24H28N4O4S. The summed E-state index contributed by atoms with van der Waals surface area (Å²) in [5, 5.41) is 3.05. The van der Waals surface area contributed by atoms with Gasteiger partial charge in [-0.15, -0.1) is 0 Å². The summed E-state index contributed by atoms with van der Waals surface area (Å²) < 4.78 is 34.6. The van der Waals surface area contributed by atoms with Crippen LogP contribution in [0.25, 0.3) is 5.69 Å². The van der Waals surface area contributed by atoms with E-state index in [-0.39, 0.29) is 29.3 Å². The van der Waals surface area contributed by atoms with Crippen LogP contribution in [0.15, 0.2) is 72.1 Å². The largest absolute Gasteiger partial charge is 0.497 e. The lowest BCUT2D eigenvalue weighted by atomic mass is 9.98. The van der Waals surface area contributed by atoms with Gasteiger partial charge in [0.25, 0.3) is 0 Å². The number of nitrogens with zero attached hydrogens (tertiary/aromatic N) is 3. The lowest BCUT2D eigenvalue weighted by Gasteiger charge is -2.32. The molecule has 0 aliphatic carbocycles. The number of benzene rings is 2. The van der Waals surface area contributed by atoms with Crippen LogP contribution in [0.1, 0.15) is 31.4 Å². The molecule has 1 aliphatic heterocycles. The second kappa shape index (κ2) is 9.76.